The third-order valence-electron chi connectivity index (χ3n) is 3.67. The lowest BCUT2D eigenvalue weighted by molar-refractivity contribution is 0.0564. The van der Waals surface area contributed by atoms with E-state index in [0.29, 0.717) is 24.8 Å². The van der Waals surface area contributed by atoms with Crippen LogP contribution in [0.3, 0.4) is 0 Å². The molecule has 2 aromatic rings. The maximum Gasteiger partial charge on any atom is 0.258 e. The molecule has 1 saturated heterocycles. The first-order valence-electron chi connectivity index (χ1n) is 7.04. The molecule has 7 heteroatoms. The molecule has 3 rings (SSSR count). The zero-order chi connectivity index (χ0) is 15.9. The van der Waals surface area contributed by atoms with E-state index >= 15 is 0 Å². The lowest BCUT2D eigenvalue weighted by Gasteiger charge is -2.37. The first-order chi connectivity index (χ1) is 10.5. The van der Waals surface area contributed by atoms with Crippen molar-refractivity contribution >= 4 is 17.5 Å². The van der Waals surface area contributed by atoms with Gasteiger partial charge in [0, 0.05) is 19.0 Å². The van der Waals surface area contributed by atoms with Crippen LogP contribution in [0, 0.1) is 5.82 Å². The van der Waals surface area contributed by atoms with E-state index in [9.17, 15) is 9.18 Å². The van der Waals surface area contributed by atoms with Crippen molar-refractivity contribution in [1.29, 1.82) is 0 Å². The molecule has 1 aliphatic rings. The van der Waals surface area contributed by atoms with Gasteiger partial charge in [0.2, 0.25) is 5.89 Å². The summed E-state index contributed by atoms with van der Waals surface area (Å²) in [7, 11) is 0. The Balaban J connectivity index is 1.69. The van der Waals surface area contributed by atoms with E-state index in [1.54, 1.807) is 0 Å². The van der Waals surface area contributed by atoms with Gasteiger partial charge in [-0.15, -0.1) is 0 Å². The predicted octanol–water partition coefficient (Wildman–Crippen LogP) is 3.23. The Labute approximate surface area is 132 Å². The molecule has 1 aromatic carbocycles. The summed E-state index contributed by atoms with van der Waals surface area (Å²) < 4.78 is 19.0. The average molecular weight is 324 g/mol. The Morgan fingerprint density at radius 2 is 2.18 bits per heavy atom. The summed E-state index contributed by atoms with van der Waals surface area (Å²) in [5.74, 6) is 0.329. The van der Waals surface area contributed by atoms with Crippen molar-refractivity contribution in [3.8, 4) is 0 Å². The first-order valence-corrected chi connectivity index (χ1v) is 7.42. The van der Waals surface area contributed by atoms with Crippen LogP contribution in [-0.2, 0) is 0 Å². The van der Waals surface area contributed by atoms with Crippen molar-refractivity contribution in [2.24, 2.45) is 0 Å². The number of aromatic nitrogens is 2. The van der Waals surface area contributed by atoms with Gasteiger partial charge >= 0.3 is 0 Å². The Morgan fingerprint density at radius 1 is 1.45 bits per heavy atom. The molecular formula is C15H15ClFN3O2. The van der Waals surface area contributed by atoms with Crippen molar-refractivity contribution in [1.82, 2.24) is 15.0 Å². The van der Waals surface area contributed by atoms with Gasteiger partial charge in [-0.1, -0.05) is 36.7 Å². The summed E-state index contributed by atoms with van der Waals surface area (Å²) in [6, 6.07) is 4.20. The standard InChI is InChI=1S/C15H15ClFN3O2/c1-8(2)13-18-14(22-19-13)9-6-20(7-9)15(21)12-10(16)4-3-5-11(12)17/h3-5,8-9H,6-7H2,1-2H3. The minimum absolute atomic E-state index is 0.00509. The number of hydrogen-bond donors (Lipinski definition) is 0. The highest BCUT2D eigenvalue weighted by atomic mass is 35.5. The second-order valence-corrected chi connectivity index (χ2v) is 6.06. The van der Waals surface area contributed by atoms with E-state index in [1.807, 2.05) is 13.8 Å². The Morgan fingerprint density at radius 3 is 2.77 bits per heavy atom. The molecular weight excluding hydrogens is 309 g/mol. The second-order valence-electron chi connectivity index (χ2n) is 5.65. The van der Waals surface area contributed by atoms with Gasteiger partial charge in [0.05, 0.1) is 16.5 Å². The number of hydrogen-bond acceptors (Lipinski definition) is 4. The third-order valence-corrected chi connectivity index (χ3v) is 3.98. The van der Waals surface area contributed by atoms with Crippen molar-refractivity contribution in [3.05, 3.63) is 46.3 Å². The topological polar surface area (TPSA) is 59.2 Å². The number of likely N-dealkylation sites (tertiary alicyclic amines) is 1. The van der Waals surface area contributed by atoms with E-state index in [1.165, 1.54) is 23.1 Å². The van der Waals surface area contributed by atoms with Crippen LogP contribution in [0.4, 0.5) is 4.39 Å². The number of rotatable bonds is 3. The van der Waals surface area contributed by atoms with Crippen molar-refractivity contribution in [2.75, 3.05) is 13.1 Å². The molecule has 0 aliphatic carbocycles. The van der Waals surface area contributed by atoms with E-state index < -0.39 is 11.7 Å². The zero-order valence-corrected chi connectivity index (χ0v) is 13.0. The van der Waals surface area contributed by atoms with Crippen LogP contribution in [0.25, 0.3) is 0 Å². The highest BCUT2D eigenvalue weighted by molar-refractivity contribution is 6.33. The molecule has 116 valence electrons. The number of carbonyl (C=O) groups is 1. The fourth-order valence-electron chi connectivity index (χ4n) is 2.31. The summed E-state index contributed by atoms with van der Waals surface area (Å²) >= 11 is 5.91. The number of amides is 1. The average Bonchev–Trinajstić information content (AvgIpc) is 2.86. The number of benzene rings is 1. The lowest BCUT2D eigenvalue weighted by atomic mass is 9.98. The molecule has 1 amide bonds. The van der Waals surface area contributed by atoms with Gasteiger partial charge < -0.3 is 9.42 Å². The highest BCUT2D eigenvalue weighted by Crippen LogP contribution is 2.30. The Kier molecular flexibility index (Phi) is 3.87. The van der Waals surface area contributed by atoms with Gasteiger partial charge in [-0.3, -0.25) is 4.79 Å². The third kappa shape index (κ3) is 2.59. The van der Waals surface area contributed by atoms with E-state index in [-0.39, 0.29) is 22.4 Å². The highest BCUT2D eigenvalue weighted by Gasteiger charge is 2.37. The molecule has 0 N–H and O–H groups in total. The molecule has 0 radical (unpaired) electrons. The SMILES string of the molecule is CC(C)c1noc(C2CN(C(=O)c3c(F)cccc3Cl)C2)n1. The van der Waals surface area contributed by atoms with Crippen LogP contribution in [-0.4, -0.2) is 34.0 Å². The van der Waals surface area contributed by atoms with Crippen LogP contribution in [0.1, 0.15) is 47.8 Å². The zero-order valence-electron chi connectivity index (χ0n) is 12.2. The molecule has 1 aliphatic heterocycles. The molecule has 1 fully saturated rings. The van der Waals surface area contributed by atoms with Gasteiger partial charge in [-0.25, -0.2) is 4.39 Å². The monoisotopic (exact) mass is 323 g/mol. The summed E-state index contributed by atoms with van der Waals surface area (Å²) in [5.41, 5.74) is -0.0870. The maximum atomic E-state index is 13.8. The summed E-state index contributed by atoms with van der Waals surface area (Å²) in [6.07, 6.45) is 0. The van der Waals surface area contributed by atoms with Crippen LogP contribution < -0.4 is 0 Å². The van der Waals surface area contributed by atoms with Gasteiger partial charge in [0.1, 0.15) is 5.82 Å². The lowest BCUT2D eigenvalue weighted by Crippen LogP contribution is -2.48. The van der Waals surface area contributed by atoms with Crippen LogP contribution in [0.5, 0.6) is 0 Å². The smallest absolute Gasteiger partial charge is 0.258 e. The Bertz CT molecular complexity index is 690. The van der Waals surface area contributed by atoms with Gasteiger partial charge in [0.15, 0.2) is 5.82 Å². The van der Waals surface area contributed by atoms with Crippen molar-refractivity contribution < 1.29 is 13.7 Å². The number of carbonyl (C=O) groups excluding carboxylic acids is 1. The van der Waals surface area contributed by atoms with E-state index in [2.05, 4.69) is 10.1 Å². The Hall–Kier alpha value is -1.95. The predicted molar refractivity (Wildman–Crippen MR) is 78.4 cm³/mol. The van der Waals surface area contributed by atoms with Crippen molar-refractivity contribution in [2.45, 2.75) is 25.7 Å². The summed E-state index contributed by atoms with van der Waals surface area (Å²) in [6.45, 7) is 4.79. The fourth-order valence-corrected chi connectivity index (χ4v) is 2.55. The normalized spacial score (nSPS) is 15.2. The van der Waals surface area contributed by atoms with Gasteiger partial charge in [0.25, 0.3) is 5.91 Å². The van der Waals surface area contributed by atoms with Crippen LogP contribution >= 0.6 is 11.6 Å². The number of halogens is 2. The quantitative estimate of drug-likeness (QED) is 0.870. The van der Waals surface area contributed by atoms with Crippen molar-refractivity contribution in [3.63, 3.8) is 0 Å². The largest absolute Gasteiger partial charge is 0.339 e. The first kappa shape index (κ1) is 15.0. The fraction of sp³-hybridized carbons (Fsp3) is 0.400. The van der Waals surface area contributed by atoms with Crippen LogP contribution in [0.2, 0.25) is 5.02 Å². The van der Waals surface area contributed by atoms with Crippen LogP contribution in [0.15, 0.2) is 22.7 Å². The molecule has 0 saturated carbocycles. The molecule has 5 nitrogen and oxygen atoms in total. The van der Waals surface area contributed by atoms with Gasteiger partial charge in [-0.05, 0) is 12.1 Å². The van der Waals surface area contributed by atoms with E-state index in [0.717, 1.165) is 0 Å². The summed E-state index contributed by atoms with van der Waals surface area (Å²) in [5, 5.41) is 4.02. The molecule has 0 atom stereocenters. The molecule has 0 bridgehead atoms. The minimum atomic E-state index is -0.610. The molecule has 0 spiro atoms. The number of nitrogens with zero attached hydrogens (tertiary/aromatic N) is 3. The minimum Gasteiger partial charge on any atom is -0.339 e. The maximum absolute atomic E-state index is 13.8. The van der Waals surface area contributed by atoms with E-state index in [4.69, 9.17) is 16.1 Å². The summed E-state index contributed by atoms with van der Waals surface area (Å²) in [4.78, 5) is 18.1. The second kappa shape index (κ2) is 5.68. The molecule has 1 aromatic heterocycles. The van der Waals surface area contributed by atoms with Gasteiger partial charge in [-0.2, -0.15) is 4.98 Å². The molecule has 22 heavy (non-hydrogen) atoms. The molecule has 2 heterocycles. The molecule has 0 unspecified atom stereocenters.